The first-order valence-corrected chi connectivity index (χ1v) is 10.4. The highest BCUT2D eigenvalue weighted by Gasteiger charge is 2.20. The molecule has 2 heterocycles. The fraction of sp³-hybridized carbons (Fsp3) is 0.182. The van der Waals surface area contributed by atoms with Crippen LogP contribution in [-0.2, 0) is 12.8 Å². The number of halogens is 1. The molecule has 0 fully saturated rings. The average molecular weight is 466 g/mol. The normalized spacial score (nSPS) is 13.2. The SMILES string of the molecule is O=C(Nc1nonc1-c1ccc2c(c1)CCCC2)c1cc(=O)c2ccc(Br)cc2o1. The third-order valence-corrected chi connectivity index (χ3v) is 5.75. The van der Waals surface area contributed by atoms with E-state index in [1.54, 1.807) is 18.2 Å². The number of aromatic nitrogens is 2. The van der Waals surface area contributed by atoms with Crippen LogP contribution in [0.1, 0.15) is 34.5 Å². The van der Waals surface area contributed by atoms with Gasteiger partial charge in [-0.3, -0.25) is 14.9 Å². The van der Waals surface area contributed by atoms with Crippen molar-refractivity contribution in [3.05, 3.63) is 74.0 Å². The van der Waals surface area contributed by atoms with Gasteiger partial charge in [0.1, 0.15) is 5.58 Å². The Balaban J connectivity index is 1.46. The van der Waals surface area contributed by atoms with Gasteiger partial charge in [0.2, 0.25) is 5.82 Å². The molecule has 0 saturated carbocycles. The Hall–Kier alpha value is -3.26. The fourth-order valence-corrected chi connectivity index (χ4v) is 4.09. The predicted octanol–water partition coefficient (Wildman–Crippen LogP) is 4.74. The molecule has 0 atom stereocenters. The van der Waals surface area contributed by atoms with Gasteiger partial charge in [-0.15, -0.1) is 0 Å². The molecule has 1 N–H and O–H groups in total. The summed E-state index contributed by atoms with van der Waals surface area (Å²) in [7, 11) is 0. The number of anilines is 1. The molecule has 2 aromatic heterocycles. The first-order chi connectivity index (χ1) is 14.6. The second-order valence-electron chi connectivity index (χ2n) is 7.22. The number of carbonyl (C=O) groups is 1. The van der Waals surface area contributed by atoms with Gasteiger partial charge in [-0.05, 0) is 71.4 Å². The van der Waals surface area contributed by atoms with Crippen molar-refractivity contribution in [2.45, 2.75) is 25.7 Å². The van der Waals surface area contributed by atoms with Crippen LogP contribution in [0, 0.1) is 0 Å². The number of nitrogens with one attached hydrogen (secondary N) is 1. The van der Waals surface area contributed by atoms with E-state index in [0.717, 1.165) is 35.4 Å². The summed E-state index contributed by atoms with van der Waals surface area (Å²) < 4.78 is 11.3. The molecule has 0 radical (unpaired) electrons. The molecule has 150 valence electrons. The van der Waals surface area contributed by atoms with E-state index in [4.69, 9.17) is 9.05 Å². The number of hydrogen-bond donors (Lipinski definition) is 1. The van der Waals surface area contributed by atoms with Crippen LogP contribution in [0.25, 0.3) is 22.2 Å². The molecular formula is C22H16BrN3O4. The van der Waals surface area contributed by atoms with Gasteiger partial charge in [0.05, 0.1) is 5.39 Å². The molecule has 0 spiro atoms. The van der Waals surface area contributed by atoms with Crippen molar-refractivity contribution in [3.8, 4) is 11.3 Å². The van der Waals surface area contributed by atoms with Crippen molar-refractivity contribution >= 4 is 38.6 Å². The van der Waals surface area contributed by atoms with Gasteiger partial charge in [0, 0.05) is 16.1 Å². The number of fused-ring (bicyclic) bond motifs is 2. The molecule has 1 aliphatic rings. The van der Waals surface area contributed by atoms with Crippen LogP contribution in [0.15, 0.2) is 60.8 Å². The van der Waals surface area contributed by atoms with Crippen LogP contribution in [0.2, 0.25) is 0 Å². The number of nitrogens with zero attached hydrogens (tertiary/aromatic N) is 2. The Labute approximate surface area is 179 Å². The quantitative estimate of drug-likeness (QED) is 0.469. The summed E-state index contributed by atoms with van der Waals surface area (Å²) in [5.74, 6) is -0.554. The number of aryl methyl sites for hydroxylation is 2. The molecule has 2 aromatic carbocycles. The van der Waals surface area contributed by atoms with Crippen molar-refractivity contribution in [1.29, 1.82) is 0 Å². The van der Waals surface area contributed by atoms with E-state index in [9.17, 15) is 9.59 Å². The van der Waals surface area contributed by atoms with E-state index in [1.807, 2.05) is 6.07 Å². The lowest BCUT2D eigenvalue weighted by Crippen LogP contribution is -2.15. The number of rotatable bonds is 3. The van der Waals surface area contributed by atoms with Crippen molar-refractivity contribution in [1.82, 2.24) is 10.3 Å². The molecule has 7 nitrogen and oxygen atoms in total. The van der Waals surface area contributed by atoms with Crippen molar-refractivity contribution < 1.29 is 13.8 Å². The molecule has 5 rings (SSSR count). The van der Waals surface area contributed by atoms with Crippen LogP contribution >= 0.6 is 15.9 Å². The second kappa shape index (κ2) is 7.53. The molecule has 0 saturated heterocycles. The standard InChI is InChI=1S/C22H16BrN3O4/c23-15-7-8-16-17(27)11-19(29-18(16)10-15)22(28)24-21-20(25-30-26-21)14-6-5-12-3-1-2-4-13(12)9-14/h5-11H,1-4H2,(H,24,26,28). The van der Waals surface area contributed by atoms with E-state index >= 15 is 0 Å². The van der Waals surface area contributed by atoms with Crippen LogP contribution in [0.3, 0.4) is 0 Å². The average Bonchev–Trinajstić information content (AvgIpc) is 3.21. The highest BCUT2D eigenvalue weighted by atomic mass is 79.9. The first-order valence-electron chi connectivity index (χ1n) is 9.58. The molecule has 30 heavy (non-hydrogen) atoms. The summed E-state index contributed by atoms with van der Waals surface area (Å²) >= 11 is 3.34. The van der Waals surface area contributed by atoms with Crippen LogP contribution in [-0.4, -0.2) is 16.2 Å². The van der Waals surface area contributed by atoms with E-state index in [1.165, 1.54) is 17.5 Å². The minimum atomic E-state index is -0.608. The predicted molar refractivity (Wildman–Crippen MR) is 115 cm³/mol. The molecule has 4 aromatic rings. The smallest absolute Gasteiger partial charge is 0.292 e. The Morgan fingerprint density at radius 3 is 2.70 bits per heavy atom. The summed E-state index contributed by atoms with van der Waals surface area (Å²) in [5, 5.41) is 10.8. The van der Waals surface area contributed by atoms with Crippen LogP contribution in [0.4, 0.5) is 5.82 Å². The summed E-state index contributed by atoms with van der Waals surface area (Å²) in [6.07, 6.45) is 4.46. The van der Waals surface area contributed by atoms with Crippen LogP contribution in [0.5, 0.6) is 0 Å². The van der Waals surface area contributed by atoms with Crippen molar-refractivity contribution in [2.75, 3.05) is 5.32 Å². The maximum Gasteiger partial charge on any atom is 0.292 e. The maximum absolute atomic E-state index is 12.7. The fourth-order valence-electron chi connectivity index (χ4n) is 3.75. The minimum Gasteiger partial charge on any atom is -0.451 e. The van der Waals surface area contributed by atoms with Gasteiger partial charge in [0.25, 0.3) is 5.91 Å². The third-order valence-electron chi connectivity index (χ3n) is 5.26. The Morgan fingerprint density at radius 1 is 1.00 bits per heavy atom. The number of hydrogen-bond acceptors (Lipinski definition) is 6. The molecule has 0 bridgehead atoms. The lowest BCUT2D eigenvalue weighted by atomic mass is 9.90. The first kappa shape index (κ1) is 18.7. The zero-order chi connectivity index (χ0) is 20.7. The topological polar surface area (TPSA) is 98.2 Å². The largest absolute Gasteiger partial charge is 0.451 e. The van der Waals surface area contributed by atoms with E-state index in [-0.39, 0.29) is 17.0 Å². The zero-order valence-electron chi connectivity index (χ0n) is 15.8. The second-order valence-corrected chi connectivity index (χ2v) is 8.14. The van der Waals surface area contributed by atoms with Crippen LogP contribution < -0.4 is 10.7 Å². The summed E-state index contributed by atoms with van der Waals surface area (Å²) in [6.45, 7) is 0. The Kier molecular flexibility index (Phi) is 4.71. The van der Waals surface area contributed by atoms with Gasteiger partial charge in [-0.25, -0.2) is 4.63 Å². The van der Waals surface area contributed by atoms with Gasteiger partial charge >= 0.3 is 0 Å². The molecule has 1 aliphatic carbocycles. The zero-order valence-corrected chi connectivity index (χ0v) is 17.4. The lowest BCUT2D eigenvalue weighted by molar-refractivity contribution is 0.0996. The van der Waals surface area contributed by atoms with Crippen molar-refractivity contribution in [3.63, 3.8) is 0 Å². The maximum atomic E-state index is 12.7. The number of carbonyl (C=O) groups excluding carboxylic acids is 1. The van der Waals surface area contributed by atoms with Gasteiger partial charge < -0.3 is 4.42 Å². The summed E-state index contributed by atoms with van der Waals surface area (Å²) in [6, 6.07) is 12.3. The lowest BCUT2D eigenvalue weighted by Gasteiger charge is -2.16. The van der Waals surface area contributed by atoms with E-state index in [2.05, 4.69) is 43.7 Å². The number of amides is 1. The Bertz CT molecular complexity index is 1340. The molecule has 0 aliphatic heterocycles. The Morgan fingerprint density at radius 2 is 1.83 bits per heavy atom. The summed E-state index contributed by atoms with van der Waals surface area (Å²) in [4.78, 5) is 25.1. The summed E-state index contributed by atoms with van der Waals surface area (Å²) in [5.41, 5.74) is 3.89. The minimum absolute atomic E-state index is 0.120. The van der Waals surface area contributed by atoms with Gasteiger partial charge in [0.15, 0.2) is 16.9 Å². The van der Waals surface area contributed by atoms with Crippen molar-refractivity contribution in [2.24, 2.45) is 0 Å². The highest BCUT2D eigenvalue weighted by Crippen LogP contribution is 2.30. The number of benzene rings is 2. The van der Waals surface area contributed by atoms with Gasteiger partial charge in [-0.1, -0.05) is 28.1 Å². The highest BCUT2D eigenvalue weighted by molar-refractivity contribution is 9.10. The molecule has 8 heteroatoms. The molecule has 1 amide bonds. The third kappa shape index (κ3) is 3.43. The monoisotopic (exact) mass is 465 g/mol. The molecular weight excluding hydrogens is 450 g/mol. The molecule has 0 unspecified atom stereocenters. The van der Waals surface area contributed by atoms with E-state index < -0.39 is 5.91 Å². The van der Waals surface area contributed by atoms with Gasteiger partial charge in [-0.2, -0.15) is 0 Å². The van der Waals surface area contributed by atoms with E-state index in [0.29, 0.717) is 16.7 Å².